The molecule has 2 aromatic carbocycles. The Morgan fingerprint density at radius 2 is 1.81 bits per heavy atom. The number of aromatic nitrogens is 3. The zero-order valence-corrected chi connectivity index (χ0v) is 17.3. The van der Waals surface area contributed by atoms with Gasteiger partial charge in [-0.1, -0.05) is 64.8 Å². The molecule has 140 valence electrons. The van der Waals surface area contributed by atoms with Gasteiger partial charge in [-0.15, -0.1) is 16.8 Å². The Balaban J connectivity index is 1.69. The summed E-state index contributed by atoms with van der Waals surface area (Å²) >= 11 is 19.5. The van der Waals surface area contributed by atoms with Crippen LogP contribution in [0, 0.1) is 0 Å². The van der Waals surface area contributed by atoms with E-state index in [1.54, 1.807) is 36.0 Å². The van der Waals surface area contributed by atoms with Crippen LogP contribution in [0.25, 0.3) is 0 Å². The van der Waals surface area contributed by atoms with E-state index in [9.17, 15) is 0 Å². The van der Waals surface area contributed by atoms with E-state index in [1.807, 2.05) is 28.8 Å². The van der Waals surface area contributed by atoms with Crippen molar-refractivity contribution < 1.29 is 4.74 Å². The van der Waals surface area contributed by atoms with Gasteiger partial charge in [-0.2, -0.15) is 0 Å². The van der Waals surface area contributed by atoms with Gasteiger partial charge in [0.1, 0.15) is 12.4 Å². The predicted molar refractivity (Wildman–Crippen MR) is 112 cm³/mol. The maximum absolute atomic E-state index is 6.02. The second kappa shape index (κ2) is 9.51. The average Bonchev–Trinajstić information content (AvgIpc) is 3.04. The number of ether oxygens (including phenoxy) is 1. The number of nitrogens with zero attached hydrogens (tertiary/aromatic N) is 3. The van der Waals surface area contributed by atoms with Gasteiger partial charge in [0.15, 0.2) is 11.0 Å². The standard InChI is InChI=1S/C19H16Cl3N3OS/c1-2-9-25-18(11-26-15-7-8-16(21)17(22)10-15)23-24-19(25)27-12-13-3-5-14(20)6-4-13/h2-8,10H,1,9,11-12H2. The van der Waals surface area contributed by atoms with Crippen LogP contribution in [-0.2, 0) is 18.9 Å². The molecular weight excluding hydrogens is 425 g/mol. The van der Waals surface area contributed by atoms with Gasteiger partial charge in [0.25, 0.3) is 0 Å². The molecule has 0 saturated carbocycles. The first-order valence-electron chi connectivity index (χ1n) is 8.05. The quantitative estimate of drug-likeness (QED) is 0.304. The van der Waals surface area contributed by atoms with Gasteiger partial charge in [-0.3, -0.25) is 4.57 Å². The van der Waals surface area contributed by atoms with Gasteiger partial charge in [-0.05, 0) is 29.8 Å². The summed E-state index contributed by atoms with van der Waals surface area (Å²) in [6.45, 7) is 4.67. The van der Waals surface area contributed by atoms with E-state index in [1.165, 1.54) is 0 Å². The van der Waals surface area contributed by atoms with Crippen molar-refractivity contribution in [2.75, 3.05) is 0 Å². The zero-order valence-electron chi connectivity index (χ0n) is 14.2. The minimum Gasteiger partial charge on any atom is -0.486 e. The molecule has 4 nitrogen and oxygen atoms in total. The van der Waals surface area contributed by atoms with Gasteiger partial charge < -0.3 is 4.74 Å². The number of thioether (sulfide) groups is 1. The van der Waals surface area contributed by atoms with E-state index >= 15 is 0 Å². The van der Waals surface area contributed by atoms with Crippen LogP contribution in [-0.4, -0.2) is 14.8 Å². The zero-order chi connectivity index (χ0) is 19.2. The van der Waals surface area contributed by atoms with Crippen LogP contribution in [0.4, 0.5) is 0 Å². The van der Waals surface area contributed by atoms with E-state index in [-0.39, 0.29) is 6.61 Å². The number of hydrogen-bond acceptors (Lipinski definition) is 4. The molecule has 0 aliphatic rings. The van der Waals surface area contributed by atoms with Gasteiger partial charge in [0, 0.05) is 23.4 Å². The predicted octanol–water partition coefficient (Wildman–Crippen LogP) is 6.30. The summed E-state index contributed by atoms with van der Waals surface area (Å²) in [5.74, 6) is 2.09. The maximum Gasteiger partial charge on any atom is 0.191 e. The third-order valence-corrected chi connectivity index (χ3v) is 5.67. The van der Waals surface area contributed by atoms with Crippen molar-refractivity contribution in [3.05, 3.63) is 81.6 Å². The topological polar surface area (TPSA) is 39.9 Å². The summed E-state index contributed by atoms with van der Waals surface area (Å²) < 4.78 is 7.76. The fourth-order valence-corrected chi connectivity index (χ4v) is 3.62. The Labute approximate surface area is 177 Å². The fourth-order valence-electron chi connectivity index (χ4n) is 2.29. The molecule has 8 heteroatoms. The third kappa shape index (κ3) is 5.42. The molecule has 0 radical (unpaired) electrons. The van der Waals surface area contributed by atoms with E-state index in [4.69, 9.17) is 39.5 Å². The molecule has 0 fully saturated rings. The van der Waals surface area contributed by atoms with Gasteiger partial charge in [-0.25, -0.2) is 0 Å². The Hall–Kier alpha value is -1.66. The summed E-state index contributed by atoms with van der Waals surface area (Å²) in [4.78, 5) is 0. The molecule has 27 heavy (non-hydrogen) atoms. The lowest BCUT2D eigenvalue weighted by Gasteiger charge is -2.10. The van der Waals surface area contributed by atoms with Crippen molar-refractivity contribution in [1.29, 1.82) is 0 Å². The average molecular weight is 441 g/mol. The molecule has 0 saturated heterocycles. The van der Waals surface area contributed by atoms with Crippen molar-refractivity contribution in [2.24, 2.45) is 0 Å². The Morgan fingerprint density at radius 3 is 2.52 bits per heavy atom. The minimum atomic E-state index is 0.264. The molecule has 0 amide bonds. The first-order valence-corrected chi connectivity index (χ1v) is 10.2. The first-order chi connectivity index (χ1) is 13.1. The van der Waals surface area contributed by atoms with Crippen LogP contribution >= 0.6 is 46.6 Å². The van der Waals surface area contributed by atoms with E-state index in [0.29, 0.717) is 28.2 Å². The normalized spacial score (nSPS) is 10.8. The molecule has 0 bridgehead atoms. The first kappa shape index (κ1) is 20.1. The monoisotopic (exact) mass is 439 g/mol. The number of rotatable bonds is 8. The van der Waals surface area contributed by atoms with Gasteiger partial charge in [0.2, 0.25) is 0 Å². The lowest BCUT2D eigenvalue weighted by atomic mass is 10.2. The summed E-state index contributed by atoms with van der Waals surface area (Å²) in [5.41, 5.74) is 1.16. The maximum atomic E-state index is 6.02. The highest BCUT2D eigenvalue weighted by molar-refractivity contribution is 7.98. The summed E-state index contributed by atoms with van der Waals surface area (Å²) in [5, 5.41) is 11.0. The molecule has 1 aromatic heterocycles. The van der Waals surface area contributed by atoms with E-state index in [0.717, 1.165) is 21.5 Å². The van der Waals surface area contributed by atoms with Crippen molar-refractivity contribution in [2.45, 2.75) is 24.1 Å². The number of hydrogen-bond donors (Lipinski definition) is 0. The number of allylic oxidation sites excluding steroid dienone is 1. The van der Waals surface area contributed by atoms with Crippen LogP contribution in [0.2, 0.25) is 15.1 Å². The molecule has 0 aliphatic heterocycles. The molecule has 3 rings (SSSR count). The molecule has 0 aliphatic carbocycles. The summed E-state index contributed by atoms with van der Waals surface area (Å²) in [6, 6.07) is 12.9. The number of halogens is 3. The Morgan fingerprint density at radius 1 is 1.04 bits per heavy atom. The molecule has 0 unspecified atom stereocenters. The Kier molecular flexibility index (Phi) is 7.07. The fraction of sp³-hybridized carbons (Fsp3) is 0.158. The number of benzene rings is 2. The lowest BCUT2D eigenvalue weighted by Crippen LogP contribution is -2.07. The molecule has 0 N–H and O–H groups in total. The van der Waals surface area contributed by atoms with Crippen molar-refractivity contribution >= 4 is 46.6 Å². The smallest absolute Gasteiger partial charge is 0.191 e. The lowest BCUT2D eigenvalue weighted by molar-refractivity contribution is 0.289. The second-order valence-electron chi connectivity index (χ2n) is 5.58. The van der Waals surface area contributed by atoms with Crippen molar-refractivity contribution in [1.82, 2.24) is 14.8 Å². The molecule has 0 spiro atoms. The highest BCUT2D eigenvalue weighted by atomic mass is 35.5. The molecule has 3 aromatic rings. The van der Waals surface area contributed by atoms with E-state index in [2.05, 4.69) is 16.8 Å². The van der Waals surface area contributed by atoms with Crippen LogP contribution in [0.3, 0.4) is 0 Å². The largest absolute Gasteiger partial charge is 0.486 e. The van der Waals surface area contributed by atoms with Crippen LogP contribution in [0.15, 0.2) is 60.3 Å². The van der Waals surface area contributed by atoms with E-state index < -0.39 is 0 Å². The van der Waals surface area contributed by atoms with Crippen molar-refractivity contribution in [3.63, 3.8) is 0 Å². The third-order valence-electron chi connectivity index (χ3n) is 3.65. The molecule has 1 heterocycles. The SMILES string of the molecule is C=CCn1c(COc2ccc(Cl)c(Cl)c2)nnc1SCc1ccc(Cl)cc1. The van der Waals surface area contributed by atoms with Crippen LogP contribution in [0.1, 0.15) is 11.4 Å². The molecular formula is C19H16Cl3N3OS. The Bertz CT molecular complexity index is 928. The second-order valence-corrected chi connectivity index (χ2v) is 7.77. The highest BCUT2D eigenvalue weighted by Crippen LogP contribution is 2.27. The minimum absolute atomic E-state index is 0.264. The highest BCUT2D eigenvalue weighted by Gasteiger charge is 2.13. The summed E-state index contributed by atoms with van der Waals surface area (Å²) in [7, 11) is 0. The molecule has 0 atom stereocenters. The summed E-state index contributed by atoms with van der Waals surface area (Å²) in [6.07, 6.45) is 1.80. The van der Waals surface area contributed by atoms with Crippen LogP contribution in [0.5, 0.6) is 5.75 Å². The van der Waals surface area contributed by atoms with Gasteiger partial charge in [0.05, 0.1) is 10.0 Å². The van der Waals surface area contributed by atoms with Gasteiger partial charge >= 0.3 is 0 Å². The van der Waals surface area contributed by atoms with Crippen molar-refractivity contribution in [3.8, 4) is 5.75 Å². The van der Waals surface area contributed by atoms with Crippen LogP contribution < -0.4 is 4.74 Å².